The van der Waals surface area contributed by atoms with Gasteiger partial charge < -0.3 is 26.4 Å². The van der Waals surface area contributed by atoms with Gasteiger partial charge in [-0.2, -0.15) is 0 Å². The molecule has 0 radical (unpaired) electrons. The molecule has 1 unspecified atom stereocenters. The quantitative estimate of drug-likeness (QED) is 0.154. The van der Waals surface area contributed by atoms with E-state index in [1.54, 1.807) is 6.92 Å². The van der Waals surface area contributed by atoms with E-state index in [0.29, 0.717) is 44.7 Å². The molecule has 1 saturated heterocycles. The van der Waals surface area contributed by atoms with Gasteiger partial charge in [0.25, 0.3) is 0 Å². The minimum atomic E-state index is -1.88. The van der Waals surface area contributed by atoms with Crippen molar-refractivity contribution in [1.29, 1.82) is 0 Å². The molecule has 0 aliphatic carbocycles. The molecule has 278 valence electrons. The number of morpholine rings is 1. The number of hydrogen-bond donors (Lipinski definition) is 4. The first-order valence-corrected chi connectivity index (χ1v) is 18.0. The van der Waals surface area contributed by atoms with Gasteiger partial charge in [-0.15, -0.1) is 0 Å². The fraction of sp³-hybridized carbons (Fsp3) is 0.525. The zero-order valence-corrected chi connectivity index (χ0v) is 30.9. The molecule has 4 amide bonds. The van der Waals surface area contributed by atoms with Crippen LogP contribution in [-0.2, 0) is 41.6 Å². The van der Waals surface area contributed by atoms with E-state index in [9.17, 15) is 24.0 Å². The van der Waals surface area contributed by atoms with Gasteiger partial charge in [0.15, 0.2) is 5.78 Å². The Hall–Kier alpha value is -4.35. The normalized spacial score (nSPS) is 16.4. The number of benzene rings is 2. The Morgan fingerprint density at radius 3 is 1.96 bits per heavy atom. The van der Waals surface area contributed by atoms with Crippen LogP contribution < -0.4 is 21.7 Å². The number of primary amides is 1. The van der Waals surface area contributed by atoms with Crippen LogP contribution in [0.2, 0.25) is 0 Å². The third-order valence-corrected chi connectivity index (χ3v) is 9.16. The molecule has 0 bridgehead atoms. The van der Waals surface area contributed by atoms with E-state index in [1.165, 1.54) is 0 Å². The zero-order chi connectivity index (χ0) is 37.6. The second kappa shape index (κ2) is 19.9. The van der Waals surface area contributed by atoms with Gasteiger partial charge in [0.05, 0.1) is 31.7 Å². The van der Waals surface area contributed by atoms with Crippen LogP contribution in [0.3, 0.4) is 0 Å². The molecule has 2 aromatic rings. The van der Waals surface area contributed by atoms with Crippen molar-refractivity contribution in [3.63, 3.8) is 0 Å². The van der Waals surface area contributed by atoms with Crippen molar-refractivity contribution >= 4 is 29.4 Å². The predicted octanol–water partition coefficient (Wildman–Crippen LogP) is 3.36. The minimum Gasteiger partial charge on any atom is -0.379 e. The number of amides is 4. The third kappa shape index (κ3) is 12.7. The molecule has 0 saturated carbocycles. The molecule has 51 heavy (non-hydrogen) atoms. The van der Waals surface area contributed by atoms with Gasteiger partial charge in [-0.1, -0.05) is 94.9 Å². The SMILES string of the molecule is C=C(C)C(=O)[C@H](CC(C)C)NC(=O)[C@@H](Cc1ccccc1)C(CC(C)C)(NC(=O)[C@H](CCc1ccccc1)NC(=O)CN1CCOCC1)C(N)=O. The third-order valence-electron chi connectivity index (χ3n) is 9.16. The summed E-state index contributed by atoms with van der Waals surface area (Å²) in [5, 5.41) is 8.77. The Balaban J connectivity index is 2.05. The molecule has 1 heterocycles. The number of nitrogens with zero attached hydrogens (tertiary/aromatic N) is 1. The largest absolute Gasteiger partial charge is 0.379 e. The number of Topliss-reactive ketones (excluding diaryl/α,β-unsaturated/α-hetero) is 1. The van der Waals surface area contributed by atoms with Gasteiger partial charge in [-0.3, -0.25) is 28.9 Å². The second-order valence-corrected chi connectivity index (χ2v) is 14.5. The summed E-state index contributed by atoms with van der Waals surface area (Å²) in [5.41, 5.74) is 6.39. The van der Waals surface area contributed by atoms with Gasteiger partial charge >= 0.3 is 0 Å². The highest BCUT2D eigenvalue weighted by molar-refractivity contribution is 6.02. The number of ether oxygens (including phenoxy) is 1. The number of nitrogens with one attached hydrogen (secondary N) is 3. The van der Waals surface area contributed by atoms with Crippen molar-refractivity contribution in [1.82, 2.24) is 20.9 Å². The highest BCUT2D eigenvalue weighted by Gasteiger charge is 2.50. The van der Waals surface area contributed by atoms with Gasteiger partial charge in [0.1, 0.15) is 11.6 Å². The lowest BCUT2D eigenvalue weighted by Gasteiger charge is -2.41. The molecule has 4 atom stereocenters. The number of aryl methyl sites for hydroxylation is 1. The monoisotopic (exact) mass is 703 g/mol. The van der Waals surface area contributed by atoms with E-state index in [4.69, 9.17) is 10.5 Å². The maximum atomic E-state index is 14.5. The van der Waals surface area contributed by atoms with E-state index in [2.05, 4.69) is 22.5 Å². The van der Waals surface area contributed by atoms with Crippen LogP contribution in [0.5, 0.6) is 0 Å². The second-order valence-electron chi connectivity index (χ2n) is 14.5. The summed E-state index contributed by atoms with van der Waals surface area (Å²) in [5.74, 6) is -4.06. The molecule has 1 fully saturated rings. The summed E-state index contributed by atoms with van der Waals surface area (Å²) in [6.45, 7) is 15.3. The molecule has 0 aromatic heterocycles. The molecule has 3 rings (SSSR count). The molecule has 11 nitrogen and oxygen atoms in total. The number of carbonyl (C=O) groups is 5. The van der Waals surface area contributed by atoms with E-state index < -0.39 is 41.3 Å². The number of rotatable bonds is 20. The average molecular weight is 704 g/mol. The lowest BCUT2D eigenvalue weighted by Crippen LogP contribution is -2.68. The van der Waals surface area contributed by atoms with Crippen molar-refractivity contribution < 1.29 is 28.7 Å². The smallest absolute Gasteiger partial charge is 0.244 e. The van der Waals surface area contributed by atoms with E-state index in [1.807, 2.05) is 93.3 Å². The van der Waals surface area contributed by atoms with Crippen molar-refractivity contribution in [2.75, 3.05) is 32.8 Å². The first-order valence-electron chi connectivity index (χ1n) is 18.0. The van der Waals surface area contributed by atoms with Gasteiger partial charge in [-0.25, -0.2) is 0 Å². The van der Waals surface area contributed by atoms with E-state index >= 15 is 0 Å². The van der Waals surface area contributed by atoms with Crippen molar-refractivity contribution in [2.45, 2.75) is 84.3 Å². The summed E-state index contributed by atoms with van der Waals surface area (Å²) in [6, 6.07) is 16.8. The molecule has 1 aliphatic rings. The Labute approximate surface area is 303 Å². The fourth-order valence-corrected chi connectivity index (χ4v) is 6.61. The maximum absolute atomic E-state index is 14.5. The topological polar surface area (TPSA) is 160 Å². The number of nitrogens with two attached hydrogens (primary N) is 1. The van der Waals surface area contributed by atoms with Crippen LogP contribution in [0, 0.1) is 17.8 Å². The molecular formula is C40H57N5O6. The summed E-state index contributed by atoms with van der Waals surface area (Å²) >= 11 is 0. The highest BCUT2D eigenvalue weighted by Crippen LogP contribution is 2.31. The Bertz CT molecular complexity index is 1470. The Morgan fingerprint density at radius 1 is 0.843 bits per heavy atom. The summed E-state index contributed by atoms with van der Waals surface area (Å²) in [6.07, 6.45) is 1.15. The zero-order valence-electron chi connectivity index (χ0n) is 30.9. The molecule has 5 N–H and O–H groups in total. The van der Waals surface area contributed by atoms with Crippen molar-refractivity contribution in [2.24, 2.45) is 23.5 Å². The lowest BCUT2D eigenvalue weighted by atomic mass is 9.73. The molecular weight excluding hydrogens is 646 g/mol. The Morgan fingerprint density at radius 2 is 1.43 bits per heavy atom. The van der Waals surface area contributed by atoms with Crippen LogP contribution in [0.25, 0.3) is 0 Å². The van der Waals surface area contributed by atoms with Crippen molar-refractivity contribution in [3.05, 3.63) is 83.9 Å². The molecule has 1 aliphatic heterocycles. The molecule has 2 aromatic carbocycles. The summed E-state index contributed by atoms with van der Waals surface area (Å²) in [7, 11) is 0. The van der Waals surface area contributed by atoms with Crippen LogP contribution in [0.4, 0.5) is 0 Å². The number of carbonyl (C=O) groups excluding carboxylic acids is 5. The van der Waals surface area contributed by atoms with Gasteiger partial charge in [0.2, 0.25) is 23.6 Å². The van der Waals surface area contributed by atoms with Crippen LogP contribution in [-0.4, -0.2) is 84.8 Å². The first kappa shape index (κ1) is 41.1. The Kier molecular flexibility index (Phi) is 16.0. The van der Waals surface area contributed by atoms with Crippen molar-refractivity contribution in [3.8, 4) is 0 Å². The van der Waals surface area contributed by atoms with E-state index in [-0.39, 0.29) is 49.3 Å². The lowest BCUT2D eigenvalue weighted by molar-refractivity contribution is -0.143. The maximum Gasteiger partial charge on any atom is 0.244 e. The fourth-order valence-electron chi connectivity index (χ4n) is 6.61. The van der Waals surface area contributed by atoms with Crippen LogP contribution in [0.1, 0.15) is 65.0 Å². The van der Waals surface area contributed by atoms with E-state index in [0.717, 1.165) is 11.1 Å². The predicted molar refractivity (Wildman–Crippen MR) is 198 cm³/mol. The summed E-state index contributed by atoms with van der Waals surface area (Å²) < 4.78 is 5.41. The van der Waals surface area contributed by atoms with Gasteiger partial charge in [-0.05, 0) is 67.6 Å². The average Bonchev–Trinajstić information content (AvgIpc) is 3.08. The number of ketones is 1. The van der Waals surface area contributed by atoms with Crippen LogP contribution in [0.15, 0.2) is 72.8 Å². The molecule has 0 spiro atoms. The minimum absolute atomic E-state index is 0.0371. The van der Waals surface area contributed by atoms with Crippen LogP contribution >= 0.6 is 0 Å². The summed E-state index contributed by atoms with van der Waals surface area (Å²) in [4.78, 5) is 71.4. The van der Waals surface area contributed by atoms with Gasteiger partial charge in [0, 0.05) is 13.1 Å². The highest BCUT2D eigenvalue weighted by atomic mass is 16.5. The molecule has 11 heteroatoms. The first-order chi connectivity index (χ1) is 24.2. The number of hydrogen-bond acceptors (Lipinski definition) is 7. The standard InChI is InChI=1S/C40H57N5O6/c1-27(2)23-34(36(47)29(5)6)43-37(48)32(24-31-15-11-8-12-16-31)40(39(41)50,25-28(3)4)44-38(49)33(18-17-30-13-9-7-10-14-30)42-35(46)26-45-19-21-51-22-20-45/h7-16,27-28,32-34H,5,17-26H2,1-4,6H3,(H2,41,50)(H,42,46)(H,43,48)(H,44,49)/t32-,33+,34+,40?/m1/s1.